The first-order valence-electron chi connectivity index (χ1n) is 9.51. The second-order valence-electron chi connectivity index (χ2n) is 7.43. The van der Waals surface area contributed by atoms with Gasteiger partial charge in [-0.1, -0.05) is 6.08 Å². The maximum Gasteiger partial charge on any atom is 0.289 e. The average Bonchev–Trinajstić information content (AvgIpc) is 3.45. The van der Waals surface area contributed by atoms with E-state index in [0.717, 1.165) is 29.4 Å². The fourth-order valence-corrected chi connectivity index (χ4v) is 4.60. The van der Waals surface area contributed by atoms with Gasteiger partial charge in [-0.25, -0.2) is 4.98 Å². The topological polar surface area (TPSA) is 54.5 Å². The highest BCUT2D eigenvalue weighted by atomic mass is 16.3. The van der Waals surface area contributed by atoms with Crippen LogP contribution >= 0.6 is 0 Å². The Morgan fingerprint density at radius 1 is 1.32 bits per heavy atom. The first kappa shape index (κ1) is 16.9. The lowest BCUT2D eigenvalue weighted by atomic mass is 9.89. The molecule has 5 rings (SSSR count). The number of hydrogen-bond donors (Lipinski definition) is 0. The highest BCUT2D eigenvalue weighted by molar-refractivity contribution is 5.92. The number of fused-ring (bicyclic) bond motifs is 4. The van der Waals surface area contributed by atoms with E-state index in [9.17, 15) is 4.79 Å². The first-order chi connectivity index (χ1) is 13.6. The van der Waals surface area contributed by atoms with E-state index in [1.807, 2.05) is 42.3 Å². The number of anilines is 1. The Hall–Kier alpha value is -3.28. The lowest BCUT2D eigenvalue weighted by Gasteiger charge is -2.46. The molecule has 1 amide bonds. The van der Waals surface area contributed by atoms with Gasteiger partial charge in [0.25, 0.3) is 5.91 Å². The van der Waals surface area contributed by atoms with Gasteiger partial charge in [0.15, 0.2) is 11.6 Å². The van der Waals surface area contributed by atoms with Crippen molar-refractivity contribution in [1.82, 2.24) is 14.5 Å². The van der Waals surface area contributed by atoms with Crippen LogP contribution in [0, 0.1) is 6.92 Å². The van der Waals surface area contributed by atoms with Crippen molar-refractivity contribution >= 4 is 11.6 Å². The Labute approximate surface area is 163 Å². The molecule has 28 heavy (non-hydrogen) atoms. The number of carbonyl (C=O) groups is 1. The number of carbonyl (C=O) groups excluding carboxylic acids is 1. The van der Waals surface area contributed by atoms with Gasteiger partial charge in [0.2, 0.25) is 0 Å². The van der Waals surface area contributed by atoms with Crippen molar-refractivity contribution in [2.75, 3.05) is 24.5 Å². The molecule has 1 saturated heterocycles. The van der Waals surface area contributed by atoms with Crippen LogP contribution in [0.3, 0.4) is 0 Å². The van der Waals surface area contributed by atoms with Crippen molar-refractivity contribution in [2.45, 2.75) is 18.9 Å². The Kier molecular flexibility index (Phi) is 3.69. The summed E-state index contributed by atoms with van der Waals surface area (Å²) in [5.74, 6) is 2.01. The molecule has 142 valence electrons. The zero-order valence-electron chi connectivity index (χ0n) is 15.8. The molecule has 1 atom stereocenters. The smallest absolute Gasteiger partial charge is 0.289 e. The fraction of sp³-hybridized carbons (Fsp3) is 0.273. The van der Waals surface area contributed by atoms with Crippen LogP contribution < -0.4 is 4.90 Å². The largest absolute Gasteiger partial charge is 0.456 e. The predicted octanol–water partition coefficient (Wildman–Crippen LogP) is 3.52. The minimum Gasteiger partial charge on any atom is -0.456 e. The number of aryl methyl sites for hydroxylation is 1. The van der Waals surface area contributed by atoms with Gasteiger partial charge in [0.1, 0.15) is 11.3 Å². The van der Waals surface area contributed by atoms with Gasteiger partial charge in [0.05, 0.1) is 17.9 Å². The van der Waals surface area contributed by atoms with Gasteiger partial charge in [0, 0.05) is 25.5 Å². The van der Waals surface area contributed by atoms with Crippen molar-refractivity contribution in [2.24, 2.45) is 0 Å². The summed E-state index contributed by atoms with van der Waals surface area (Å²) in [7, 11) is 0. The Morgan fingerprint density at radius 2 is 2.21 bits per heavy atom. The average molecular weight is 374 g/mol. The number of pyridine rings is 1. The van der Waals surface area contributed by atoms with Crippen molar-refractivity contribution in [3.05, 3.63) is 78.7 Å². The van der Waals surface area contributed by atoms with Crippen LogP contribution in [-0.4, -0.2) is 40.0 Å². The van der Waals surface area contributed by atoms with Crippen LogP contribution in [0.15, 0.2) is 65.9 Å². The van der Waals surface area contributed by atoms with Gasteiger partial charge >= 0.3 is 0 Å². The van der Waals surface area contributed by atoms with Crippen LogP contribution in [0.1, 0.15) is 28.4 Å². The predicted molar refractivity (Wildman–Crippen MR) is 107 cm³/mol. The molecule has 1 spiro atoms. The molecule has 0 aromatic carbocycles. The number of amides is 1. The fourth-order valence-electron chi connectivity index (χ4n) is 4.60. The number of furan rings is 1. The molecule has 1 fully saturated rings. The van der Waals surface area contributed by atoms with Crippen LogP contribution in [-0.2, 0) is 5.54 Å². The van der Waals surface area contributed by atoms with E-state index in [0.29, 0.717) is 25.4 Å². The molecule has 2 aliphatic rings. The third kappa shape index (κ3) is 2.27. The van der Waals surface area contributed by atoms with Crippen LogP contribution in [0.4, 0.5) is 5.69 Å². The minimum atomic E-state index is -0.314. The standard InChI is InChI=1S/C22H22N4O2/c1-3-12-26-17-6-4-11-23-20(17)25-13-5-7-19(25)22(26)10-14-24(15-22)21(27)18-9-8-16(2)28-18/h3-9,11,13H,1,10,12,14-15H2,2H3. The van der Waals surface area contributed by atoms with Crippen molar-refractivity contribution in [1.29, 1.82) is 0 Å². The molecule has 6 heteroatoms. The highest BCUT2D eigenvalue weighted by Crippen LogP contribution is 2.47. The summed E-state index contributed by atoms with van der Waals surface area (Å²) >= 11 is 0. The Morgan fingerprint density at radius 3 is 3.00 bits per heavy atom. The number of nitrogens with zero attached hydrogens (tertiary/aromatic N) is 4. The van der Waals surface area contributed by atoms with Crippen LogP contribution in [0.2, 0.25) is 0 Å². The summed E-state index contributed by atoms with van der Waals surface area (Å²) in [5, 5.41) is 0. The van der Waals surface area contributed by atoms with Crippen molar-refractivity contribution in [3.8, 4) is 5.82 Å². The zero-order chi connectivity index (χ0) is 19.3. The van der Waals surface area contributed by atoms with E-state index in [1.54, 1.807) is 6.07 Å². The summed E-state index contributed by atoms with van der Waals surface area (Å²) in [6.07, 6.45) is 6.62. The van der Waals surface area contributed by atoms with E-state index in [-0.39, 0.29) is 11.4 Å². The molecular formula is C22H22N4O2. The second-order valence-corrected chi connectivity index (χ2v) is 7.43. The molecule has 0 radical (unpaired) electrons. The minimum absolute atomic E-state index is 0.0568. The Balaban J connectivity index is 1.59. The van der Waals surface area contributed by atoms with E-state index < -0.39 is 0 Å². The summed E-state index contributed by atoms with van der Waals surface area (Å²) in [6.45, 7) is 7.77. The molecule has 0 N–H and O–H groups in total. The molecule has 0 bridgehead atoms. The Bertz CT molecular complexity index is 1070. The number of likely N-dealkylation sites (tertiary alicyclic amines) is 1. The van der Waals surface area contributed by atoms with Gasteiger partial charge in [-0.05, 0) is 49.7 Å². The maximum atomic E-state index is 13.0. The maximum absolute atomic E-state index is 13.0. The lowest BCUT2D eigenvalue weighted by molar-refractivity contribution is 0.0749. The monoisotopic (exact) mass is 374 g/mol. The van der Waals surface area contributed by atoms with E-state index in [2.05, 4.69) is 39.4 Å². The van der Waals surface area contributed by atoms with Crippen molar-refractivity contribution in [3.63, 3.8) is 0 Å². The van der Waals surface area contributed by atoms with Gasteiger partial charge in [-0.2, -0.15) is 0 Å². The summed E-state index contributed by atoms with van der Waals surface area (Å²) < 4.78 is 7.74. The molecule has 3 aromatic rings. The normalized spacial score (nSPS) is 20.3. The van der Waals surface area contributed by atoms with Gasteiger partial charge in [-0.3, -0.25) is 4.79 Å². The third-order valence-electron chi connectivity index (χ3n) is 5.83. The molecule has 1 unspecified atom stereocenters. The molecule has 5 heterocycles. The molecule has 0 aliphatic carbocycles. The van der Waals surface area contributed by atoms with Crippen LogP contribution in [0.25, 0.3) is 5.82 Å². The summed E-state index contributed by atoms with van der Waals surface area (Å²) in [6, 6.07) is 11.8. The molecule has 0 saturated carbocycles. The van der Waals surface area contributed by atoms with Crippen molar-refractivity contribution < 1.29 is 9.21 Å². The lowest BCUT2D eigenvalue weighted by Crippen LogP contribution is -2.52. The third-order valence-corrected chi connectivity index (χ3v) is 5.83. The van der Waals surface area contributed by atoms with E-state index >= 15 is 0 Å². The van der Waals surface area contributed by atoms with E-state index in [1.165, 1.54) is 0 Å². The summed E-state index contributed by atoms with van der Waals surface area (Å²) in [5.41, 5.74) is 1.91. The van der Waals surface area contributed by atoms with Crippen LogP contribution in [0.5, 0.6) is 0 Å². The van der Waals surface area contributed by atoms with Gasteiger partial charge < -0.3 is 18.8 Å². The van der Waals surface area contributed by atoms with E-state index in [4.69, 9.17) is 4.42 Å². The number of rotatable bonds is 3. The quantitative estimate of drug-likeness (QED) is 0.658. The molecular weight excluding hydrogens is 352 g/mol. The molecule has 6 nitrogen and oxygen atoms in total. The molecule has 3 aromatic heterocycles. The second kappa shape index (κ2) is 6.12. The first-order valence-corrected chi connectivity index (χ1v) is 9.51. The molecule has 2 aliphatic heterocycles. The number of aromatic nitrogens is 2. The van der Waals surface area contributed by atoms with Gasteiger partial charge in [-0.15, -0.1) is 6.58 Å². The summed E-state index contributed by atoms with van der Waals surface area (Å²) in [4.78, 5) is 21.9. The SMILES string of the molecule is C=CCN1c2cccnc2-n2cccc2C12CCN(C(=O)c1ccc(C)o1)C2. The highest BCUT2D eigenvalue weighted by Gasteiger charge is 2.50. The number of hydrogen-bond acceptors (Lipinski definition) is 4. The zero-order valence-corrected chi connectivity index (χ0v) is 15.8.